The van der Waals surface area contributed by atoms with E-state index in [0.29, 0.717) is 0 Å². The fraction of sp³-hybridized carbons (Fsp3) is 0.171. The zero-order chi connectivity index (χ0) is 27.1. The molecule has 8 aromatic rings. The van der Waals surface area contributed by atoms with Crippen molar-refractivity contribution in [1.82, 2.24) is 0 Å². The first kappa shape index (κ1) is 22.0. The summed E-state index contributed by atoms with van der Waals surface area (Å²) < 4.78 is 6.57. The van der Waals surface area contributed by atoms with Crippen LogP contribution in [0.2, 0.25) is 0 Å². The number of rotatable bonds is 3. The summed E-state index contributed by atoms with van der Waals surface area (Å²) in [6.07, 6.45) is 2.81. The van der Waals surface area contributed by atoms with Gasteiger partial charge in [-0.2, -0.15) is 0 Å². The molecule has 4 fully saturated rings. The van der Waals surface area contributed by atoms with E-state index in [2.05, 4.69) is 115 Å². The van der Waals surface area contributed by atoms with E-state index in [9.17, 15) is 0 Å². The number of para-hydroxylation sites is 2. The largest absolute Gasteiger partial charge is 0.455 e. The van der Waals surface area contributed by atoms with Crippen LogP contribution in [0.5, 0.6) is 0 Å². The van der Waals surface area contributed by atoms with Gasteiger partial charge in [0.05, 0.1) is 0 Å². The number of hydrogen-bond donors (Lipinski definition) is 0. The summed E-state index contributed by atoms with van der Waals surface area (Å²) in [6.45, 7) is 0. The van der Waals surface area contributed by atoms with Gasteiger partial charge >= 0.3 is 0 Å². The molecule has 0 atom stereocenters. The molecule has 4 saturated carbocycles. The molecule has 2 bridgehead atoms. The molecule has 0 N–H and O–H groups in total. The first-order valence-corrected chi connectivity index (χ1v) is 15.5. The smallest absolute Gasteiger partial charge is 0.143 e. The Kier molecular flexibility index (Phi) is 3.99. The third-order valence-electron chi connectivity index (χ3n) is 11.2. The van der Waals surface area contributed by atoms with Crippen LogP contribution in [-0.2, 0) is 0 Å². The second-order valence-corrected chi connectivity index (χ2v) is 13.2. The Morgan fingerprint density at radius 3 is 1.98 bits per heavy atom. The van der Waals surface area contributed by atoms with Crippen molar-refractivity contribution in [3.8, 4) is 22.3 Å². The van der Waals surface area contributed by atoms with E-state index >= 15 is 0 Å². The fourth-order valence-corrected chi connectivity index (χ4v) is 9.21. The highest BCUT2D eigenvalue weighted by molar-refractivity contribution is 6.29. The Bertz CT molecular complexity index is 2350. The van der Waals surface area contributed by atoms with Crippen LogP contribution in [0.25, 0.3) is 76.5 Å². The van der Waals surface area contributed by atoms with E-state index in [4.69, 9.17) is 4.42 Å². The quantitative estimate of drug-likeness (QED) is 0.205. The van der Waals surface area contributed by atoms with Gasteiger partial charge in [-0.15, -0.1) is 0 Å². The molecule has 0 spiro atoms. The summed E-state index contributed by atoms with van der Waals surface area (Å²) in [5, 5.41) is 10.5. The van der Waals surface area contributed by atoms with Crippen molar-refractivity contribution < 1.29 is 4.42 Å². The third kappa shape index (κ3) is 2.79. The lowest BCUT2D eigenvalue weighted by Crippen LogP contribution is -2.17. The molecular weight excluding hydrogens is 508 g/mol. The Labute approximate surface area is 243 Å². The lowest BCUT2D eigenvalue weighted by atomic mass is 9.75. The van der Waals surface area contributed by atoms with Gasteiger partial charge in [-0.3, -0.25) is 0 Å². The predicted octanol–water partition coefficient (Wildman–Crippen LogP) is 11.2. The zero-order valence-corrected chi connectivity index (χ0v) is 23.2. The molecule has 12 rings (SSSR count). The van der Waals surface area contributed by atoms with Crippen LogP contribution < -0.4 is 0 Å². The van der Waals surface area contributed by atoms with Gasteiger partial charge in [0.15, 0.2) is 0 Å². The molecule has 0 aliphatic heterocycles. The maximum absolute atomic E-state index is 6.57. The summed E-state index contributed by atoms with van der Waals surface area (Å²) in [5.74, 6) is 5.03. The average Bonchev–Trinajstić information content (AvgIpc) is 3.94. The monoisotopic (exact) mass is 536 g/mol. The molecule has 4 aliphatic carbocycles. The number of fused-ring (bicyclic) bond motifs is 5. The molecule has 198 valence electrons. The van der Waals surface area contributed by atoms with Crippen LogP contribution in [0, 0.1) is 23.7 Å². The topological polar surface area (TPSA) is 13.1 Å². The zero-order valence-electron chi connectivity index (χ0n) is 23.2. The van der Waals surface area contributed by atoms with Gasteiger partial charge in [0, 0.05) is 16.3 Å². The predicted molar refractivity (Wildman–Crippen MR) is 174 cm³/mol. The lowest BCUT2D eigenvalue weighted by molar-refractivity contribution is 0.299. The van der Waals surface area contributed by atoms with Crippen molar-refractivity contribution in [2.75, 3.05) is 0 Å². The van der Waals surface area contributed by atoms with Crippen LogP contribution >= 0.6 is 0 Å². The van der Waals surface area contributed by atoms with Crippen LogP contribution in [-0.4, -0.2) is 0 Å². The maximum atomic E-state index is 6.57. The number of furan rings is 1. The first-order valence-electron chi connectivity index (χ1n) is 15.5. The van der Waals surface area contributed by atoms with Crippen molar-refractivity contribution in [3.63, 3.8) is 0 Å². The van der Waals surface area contributed by atoms with Crippen molar-refractivity contribution in [3.05, 3.63) is 121 Å². The van der Waals surface area contributed by atoms with E-state index in [-0.39, 0.29) is 0 Å². The second-order valence-electron chi connectivity index (χ2n) is 13.2. The normalized spacial score (nSPS) is 24.2. The van der Waals surface area contributed by atoms with Crippen molar-refractivity contribution in [1.29, 1.82) is 0 Å². The maximum Gasteiger partial charge on any atom is 0.143 e. The molecule has 0 unspecified atom stereocenters. The van der Waals surface area contributed by atoms with Gasteiger partial charge in [-0.25, -0.2) is 0 Å². The molecule has 1 nitrogen and oxygen atoms in total. The van der Waals surface area contributed by atoms with Crippen LogP contribution in [0.1, 0.15) is 24.3 Å². The lowest BCUT2D eigenvalue weighted by Gasteiger charge is -2.29. The number of benzene rings is 7. The van der Waals surface area contributed by atoms with Crippen LogP contribution in [0.4, 0.5) is 0 Å². The third-order valence-corrected chi connectivity index (χ3v) is 11.2. The van der Waals surface area contributed by atoms with Crippen LogP contribution in [0.15, 0.2) is 120 Å². The molecule has 1 heteroatoms. The summed E-state index contributed by atoms with van der Waals surface area (Å²) in [7, 11) is 0. The highest BCUT2D eigenvalue weighted by Gasteiger charge is 2.75. The molecule has 4 aliphatic rings. The van der Waals surface area contributed by atoms with E-state index < -0.39 is 0 Å². The fourth-order valence-electron chi connectivity index (χ4n) is 9.21. The van der Waals surface area contributed by atoms with E-state index in [0.717, 1.165) is 46.3 Å². The standard InChI is InChI=1S/C41H28O/c1-2-7-22(8-3-1)32-21-33(31-11-6-10-30-27-9-4-5-12-36(27)42-41(30)31)29-16-14-24-18-25(26-19-34-39-35(20-26)40(34)39)17-23-13-15-28(32)38(29)37(23)24/h1-18,21,26,34-35,39-40H,19-20H2. The summed E-state index contributed by atoms with van der Waals surface area (Å²) in [4.78, 5) is 0. The Hall–Kier alpha value is -4.62. The Morgan fingerprint density at radius 1 is 0.500 bits per heavy atom. The van der Waals surface area contributed by atoms with Gasteiger partial charge in [-0.1, -0.05) is 103 Å². The summed E-state index contributed by atoms with van der Waals surface area (Å²) in [6, 6.07) is 42.9. The van der Waals surface area contributed by atoms with Crippen molar-refractivity contribution >= 4 is 54.3 Å². The minimum absolute atomic E-state index is 0.734. The highest BCUT2D eigenvalue weighted by Crippen LogP contribution is 2.80. The average molecular weight is 537 g/mol. The minimum Gasteiger partial charge on any atom is -0.455 e. The van der Waals surface area contributed by atoms with Gasteiger partial charge in [0.1, 0.15) is 11.2 Å². The van der Waals surface area contributed by atoms with Gasteiger partial charge in [0.2, 0.25) is 0 Å². The summed E-state index contributed by atoms with van der Waals surface area (Å²) in [5.41, 5.74) is 8.38. The number of hydrogen-bond acceptors (Lipinski definition) is 1. The highest BCUT2D eigenvalue weighted by atomic mass is 16.3. The molecule has 0 saturated heterocycles. The molecule has 1 aromatic heterocycles. The minimum atomic E-state index is 0.734. The molecule has 42 heavy (non-hydrogen) atoms. The van der Waals surface area contributed by atoms with E-state index in [1.165, 1.54) is 72.6 Å². The summed E-state index contributed by atoms with van der Waals surface area (Å²) >= 11 is 0. The van der Waals surface area contributed by atoms with Crippen molar-refractivity contribution in [2.45, 2.75) is 18.8 Å². The Balaban J connectivity index is 1.22. The van der Waals surface area contributed by atoms with Gasteiger partial charge in [-0.05, 0) is 109 Å². The molecule has 0 radical (unpaired) electrons. The molecule has 0 amide bonds. The van der Waals surface area contributed by atoms with Gasteiger partial charge < -0.3 is 4.42 Å². The first-order chi connectivity index (χ1) is 20.8. The van der Waals surface area contributed by atoms with E-state index in [1.54, 1.807) is 5.56 Å². The molecular formula is C41H28O. The second kappa shape index (κ2) is 7.61. The van der Waals surface area contributed by atoms with Crippen LogP contribution in [0.3, 0.4) is 0 Å². The van der Waals surface area contributed by atoms with Gasteiger partial charge in [0.25, 0.3) is 0 Å². The molecule has 7 aromatic carbocycles. The molecule has 1 heterocycles. The SMILES string of the molecule is c1ccc(-c2cc(-c3cccc4c3oc3ccccc34)c3ccc4cc(C5CC6C7C(C5)C67)cc5ccc2c3c54)cc1. The van der Waals surface area contributed by atoms with Crippen molar-refractivity contribution in [2.24, 2.45) is 23.7 Å². The van der Waals surface area contributed by atoms with E-state index in [1.807, 2.05) is 0 Å². The Morgan fingerprint density at radius 2 is 1.19 bits per heavy atom.